The molecule has 0 aliphatic carbocycles. The minimum absolute atomic E-state index is 0.00954. The van der Waals surface area contributed by atoms with Crippen molar-refractivity contribution >= 4 is 27.3 Å². The molecule has 1 fully saturated rings. The molecule has 112 valence electrons. The third-order valence-corrected chi connectivity index (χ3v) is 6.18. The van der Waals surface area contributed by atoms with Crippen molar-refractivity contribution in [2.24, 2.45) is 0 Å². The molecule has 0 amide bonds. The molecule has 0 bridgehead atoms. The van der Waals surface area contributed by atoms with Crippen LogP contribution in [0.2, 0.25) is 0 Å². The van der Waals surface area contributed by atoms with Gasteiger partial charge in [0.05, 0.1) is 19.8 Å². The zero-order valence-corrected chi connectivity index (χ0v) is 13.2. The first-order valence-corrected chi connectivity index (χ1v) is 8.49. The largest absolute Gasteiger partial charge is 0.465 e. The summed E-state index contributed by atoms with van der Waals surface area (Å²) in [5.74, 6) is -0.632. The average molecular weight is 319 g/mol. The molecule has 0 saturated carbocycles. The van der Waals surface area contributed by atoms with Crippen LogP contribution >= 0.6 is 11.3 Å². The second-order valence-corrected chi connectivity index (χ2v) is 7.45. The summed E-state index contributed by atoms with van der Waals surface area (Å²) in [4.78, 5) is 11.8. The fourth-order valence-corrected chi connectivity index (χ4v) is 5.08. The summed E-state index contributed by atoms with van der Waals surface area (Å²) in [6.07, 6.45) is -0.166. The van der Waals surface area contributed by atoms with Gasteiger partial charge in [-0.15, -0.1) is 11.3 Å². The maximum absolute atomic E-state index is 12.7. The zero-order valence-electron chi connectivity index (χ0n) is 11.5. The summed E-state index contributed by atoms with van der Waals surface area (Å²) in [6, 6.07) is 1.18. The number of hydrogen-bond acceptors (Lipinski definition) is 6. The Morgan fingerprint density at radius 1 is 1.50 bits per heavy atom. The second-order valence-electron chi connectivity index (χ2n) is 4.67. The molecule has 1 aromatic rings. The quantitative estimate of drug-likeness (QED) is 0.786. The molecule has 0 unspecified atom stereocenters. The van der Waals surface area contributed by atoms with Crippen molar-refractivity contribution in [2.75, 3.05) is 20.3 Å². The number of thiophene rings is 1. The summed E-state index contributed by atoms with van der Waals surface area (Å²) in [7, 11) is -2.49. The van der Waals surface area contributed by atoms with Crippen LogP contribution in [0.25, 0.3) is 0 Å². The number of sulfonamides is 1. The Bertz CT molecular complexity index is 595. The van der Waals surface area contributed by atoms with Crippen LogP contribution in [0.1, 0.15) is 23.5 Å². The van der Waals surface area contributed by atoms with Gasteiger partial charge in [-0.25, -0.2) is 13.2 Å². The van der Waals surface area contributed by atoms with Crippen molar-refractivity contribution in [2.45, 2.75) is 30.9 Å². The number of rotatable bonds is 3. The molecule has 1 aliphatic heterocycles. The molecule has 1 aromatic heterocycles. The van der Waals surface area contributed by atoms with Gasteiger partial charge >= 0.3 is 5.97 Å². The summed E-state index contributed by atoms with van der Waals surface area (Å²) >= 11 is 1.06. The van der Waals surface area contributed by atoms with E-state index in [4.69, 9.17) is 4.74 Å². The Balaban J connectivity index is 2.40. The van der Waals surface area contributed by atoms with Crippen LogP contribution in [0.5, 0.6) is 0 Å². The van der Waals surface area contributed by atoms with E-state index < -0.39 is 16.0 Å². The number of morpholine rings is 1. The van der Waals surface area contributed by atoms with Crippen LogP contribution in [-0.2, 0) is 19.5 Å². The molecule has 20 heavy (non-hydrogen) atoms. The summed E-state index contributed by atoms with van der Waals surface area (Å²) in [6.45, 7) is 4.23. The number of esters is 1. The Labute approximate surface area is 122 Å². The minimum Gasteiger partial charge on any atom is -0.465 e. The summed E-state index contributed by atoms with van der Waals surface area (Å²) < 4.78 is 36.9. The molecule has 2 atom stereocenters. The van der Waals surface area contributed by atoms with Gasteiger partial charge in [0.15, 0.2) is 0 Å². The molecule has 8 heteroatoms. The zero-order chi connectivity index (χ0) is 14.9. The van der Waals surface area contributed by atoms with Gasteiger partial charge in [-0.1, -0.05) is 0 Å². The highest BCUT2D eigenvalue weighted by Crippen LogP contribution is 2.28. The average Bonchev–Trinajstić information content (AvgIpc) is 2.90. The first-order valence-electron chi connectivity index (χ1n) is 6.17. The third-order valence-electron chi connectivity index (χ3n) is 3.14. The normalized spacial score (nSPS) is 24.6. The van der Waals surface area contributed by atoms with Gasteiger partial charge in [-0.3, -0.25) is 0 Å². The van der Waals surface area contributed by atoms with Crippen molar-refractivity contribution in [1.82, 2.24) is 4.31 Å². The highest BCUT2D eigenvalue weighted by Gasteiger charge is 2.37. The number of hydrogen-bond donors (Lipinski definition) is 0. The topological polar surface area (TPSA) is 72.9 Å². The maximum Gasteiger partial charge on any atom is 0.349 e. The van der Waals surface area contributed by atoms with E-state index in [1.165, 1.54) is 17.5 Å². The van der Waals surface area contributed by atoms with Crippen molar-refractivity contribution in [1.29, 1.82) is 0 Å². The lowest BCUT2D eigenvalue weighted by molar-refractivity contribution is -0.0170. The van der Waals surface area contributed by atoms with Gasteiger partial charge in [-0.2, -0.15) is 4.31 Å². The number of nitrogens with zero attached hydrogens (tertiary/aromatic N) is 1. The Morgan fingerprint density at radius 3 is 2.85 bits per heavy atom. The highest BCUT2D eigenvalue weighted by atomic mass is 32.2. The van der Waals surface area contributed by atoms with E-state index in [-0.39, 0.29) is 28.5 Å². The van der Waals surface area contributed by atoms with E-state index >= 15 is 0 Å². The van der Waals surface area contributed by atoms with Crippen molar-refractivity contribution in [3.63, 3.8) is 0 Å². The van der Waals surface area contributed by atoms with Crippen LogP contribution in [0.15, 0.2) is 16.3 Å². The number of carbonyl (C=O) groups excluding carboxylic acids is 1. The molecule has 6 nitrogen and oxygen atoms in total. The minimum atomic E-state index is -3.72. The standard InChI is InChI=1S/C12H17NO5S2/c1-8-7-18-9(2)6-13(8)20(15,16)10-4-5-19-11(10)12(14)17-3/h4-5,8-9H,6-7H2,1-3H3/t8-,9-/m1/s1. The van der Waals surface area contributed by atoms with E-state index in [0.29, 0.717) is 6.61 Å². The van der Waals surface area contributed by atoms with E-state index in [2.05, 4.69) is 4.74 Å². The van der Waals surface area contributed by atoms with Crippen LogP contribution < -0.4 is 0 Å². The van der Waals surface area contributed by atoms with Gasteiger partial charge in [0.1, 0.15) is 9.77 Å². The molecular weight excluding hydrogens is 302 g/mol. The van der Waals surface area contributed by atoms with Crippen LogP contribution in [0.4, 0.5) is 0 Å². The summed E-state index contributed by atoms with van der Waals surface area (Å²) in [5.41, 5.74) is 0. The molecule has 0 aromatic carbocycles. The van der Waals surface area contributed by atoms with E-state index in [0.717, 1.165) is 11.3 Å². The number of methoxy groups -OCH3 is 1. The molecule has 1 aliphatic rings. The van der Waals surface area contributed by atoms with Crippen molar-refractivity contribution in [3.05, 3.63) is 16.3 Å². The van der Waals surface area contributed by atoms with Gasteiger partial charge in [-0.05, 0) is 25.3 Å². The van der Waals surface area contributed by atoms with Crippen molar-refractivity contribution < 1.29 is 22.7 Å². The molecule has 2 heterocycles. The first-order chi connectivity index (χ1) is 9.37. The predicted molar refractivity (Wildman–Crippen MR) is 74.4 cm³/mol. The van der Waals surface area contributed by atoms with Crippen LogP contribution in [0, 0.1) is 0 Å². The fourth-order valence-electron chi connectivity index (χ4n) is 2.08. The Kier molecular flexibility index (Phi) is 4.48. The number of ether oxygens (including phenoxy) is 2. The third kappa shape index (κ3) is 2.73. The lowest BCUT2D eigenvalue weighted by atomic mass is 10.2. The smallest absolute Gasteiger partial charge is 0.349 e. The molecule has 1 saturated heterocycles. The Hall–Kier alpha value is -0.960. The van der Waals surface area contributed by atoms with Crippen LogP contribution in [0.3, 0.4) is 0 Å². The fraction of sp³-hybridized carbons (Fsp3) is 0.583. The maximum atomic E-state index is 12.7. The van der Waals surface area contributed by atoms with Crippen LogP contribution in [-0.4, -0.2) is 51.1 Å². The molecule has 2 rings (SSSR count). The SMILES string of the molecule is COC(=O)c1sccc1S(=O)(=O)N1C[C@@H](C)OC[C@H]1C. The number of carbonyl (C=O) groups is 1. The molecule has 0 spiro atoms. The monoisotopic (exact) mass is 319 g/mol. The molecular formula is C12H17NO5S2. The van der Waals surface area contributed by atoms with Gasteiger partial charge < -0.3 is 9.47 Å². The highest BCUT2D eigenvalue weighted by molar-refractivity contribution is 7.89. The lowest BCUT2D eigenvalue weighted by Gasteiger charge is -2.35. The van der Waals surface area contributed by atoms with E-state index in [1.54, 1.807) is 12.3 Å². The van der Waals surface area contributed by atoms with E-state index in [9.17, 15) is 13.2 Å². The lowest BCUT2D eigenvalue weighted by Crippen LogP contribution is -2.50. The first kappa shape index (κ1) is 15.4. The van der Waals surface area contributed by atoms with Gasteiger partial charge in [0.2, 0.25) is 10.0 Å². The van der Waals surface area contributed by atoms with Crippen molar-refractivity contribution in [3.8, 4) is 0 Å². The predicted octanol–water partition coefficient (Wildman–Crippen LogP) is 1.33. The Morgan fingerprint density at radius 2 is 2.20 bits per heavy atom. The van der Waals surface area contributed by atoms with Gasteiger partial charge in [0, 0.05) is 12.6 Å². The summed E-state index contributed by atoms with van der Waals surface area (Å²) in [5, 5.41) is 1.58. The van der Waals surface area contributed by atoms with E-state index in [1.807, 2.05) is 6.92 Å². The van der Waals surface area contributed by atoms with Gasteiger partial charge in [0.25, 0.3) is 0 Å². The second kappa shape index (κ2) is 5.80. The molecule has 0 N–H and O–H groups in total. The molecule has 0 radical (unpaired) electrons.